The van der Waals surface area contributed by atoms with Crippen LogP contribution in [0.1, 0.15) is 19.8 Å². The van der Waals surface area contributed by atoms with Crippen LogP contribution in [0.15, 0.2) is 0 Å². The molecular formula is C9H18N2O2. The normalized spacial score (nSPS) is 25.2. The van der Waals surface area contributed by atoms with Crippen LogP contribution in [0.4, 0.5) is 0 Å². The number of piperidine rings is 1. The first kappa shape index (κ1) is 10.5. The first-order chi connectivity index (χ1) is 6.24. The van der Waals surface area contributed by atoms with Crippen LogP contribution < -0.4 is 10.6 Å². The molecule has 1 aliphatic rings. The van der Waals surface area contributed by atoms with Gasteiger partial charge in [0.2, 0.25) is 5.91 Å². The minimum absolute atomic E-state index is 0.0174. The quantitative estimate of drug-likeness (QED) is 0.646. The molecule has 13 heavy (non-hydrogen) atoms. The van der Waals surface area contributed by atoms with E-state index in [0.717, 1.165) is 25.9 Å². The number of ether oxygens (including phenoxy) is 1. The lowest BCUT2D eigenvalue weighted by molar-refractivity contribution is -0.130. The molecule has 2 N–H and O–H groups in total. The van der Waals surface area contributed by atoms with E-state index in [2.05, 4.69) is 10.6 Å². The van der Waals surface area contributed by atoms with Crippen LogP contribution in [-0.4, -0.2) is 38.3 Å². The first-order valence-corrected chi connectivity index (χ1v) is 4.78. The van der Waals surface area contributed by atoms with Gasteiger partial charge in [0, 0.05) is 19.7 Å². The van der Waals surface area contributed by atoms with E-state index in [1.54, 1.807) is 14.0 Å². The Balaban J connectivity index is 2.26. The molecule has 1 saturated heterocycles. The van der Waals surface area contributed by atoms with Gasteiger partial charge in [-0.25, -0.2) is 0 Å². The van der Waals surface area contributed by atoms with Crippen molar-refractivity contribution >= 4 is 5.91 Å². The van der Waals surface area contributed by atoms with Gasteiger partial charge in [0.1, 0.15) is 6.10 Å². The van der Waals surface area contributed by atoms with E-state index < -0.39 is 0 Å². The molecule has 1 unspecified atom stereocenters. The van der Waals surface area contributed by atoms with Gasteiger partial charge in [-0.05, 0) is 26.3 Å². The number of amides is 1. The zero-order valence-corrected chi connectivity index (χ0v) is 8.30. The predicted molar refractivity (Wildman–Crippen MR) is 50.5 cm³/mol. The molecule has 1 fully saturated rings. The molecule has 1 amide bonds. The van der Waals surface area contributed by atoms with Gasteiger partial charge in [0.15, 0.2) is 0 Å². The highest BCUT2D eigenvalue weighted by atomic mass is 16.5. The molecule has 1 aliphatic heterocycles. The molecule has 0 aromatic heterocycles. The van der Waals surface area contributed by atoms with E-state index >= 15 is 0 Å². The van der Waals surface area contributed by atoms with Crippen LogP contribution in [0.25, 0.3) is 0 Å². The van der Waals surface area contributed by atoms with Gasteiger partial charge in [-0.1, -0.05) is 0 Å². The summed E-state index contributed by atoms with van der Waals surface area (Å²) >= 11 is 0. The smallest absolute Gasteiger partial charge is 0.249 e. The molecule has 4 nitrogen and oxygen atoms in total. The van der Waals surface area contributed by atoms with Crippen molar-refractivity contribution in [2.24, 2.45) is 0 Å². The number of methoxy groups -OCH3 is 1. The number of hydrogen-bond donors (Lipinski definition) is 2. The second kappa shape index (κ2) is 5.19. The maximum atomic E-state index is 11.4. The highest BCUT2D eigenvalue weighted by Gasteiger charge is 2.18. The Hall–Kier alpha value is -0.610. The Morgan fingerprint density at radius 1 is 1.69 bits per heavy atom. The SMILES string of the molecule is COC(C)C(=O)N[C@@H]1CCCNC1. The Morgan fingerprint density at radius 3 is 3.00 bits per heavy atom. The van der Waals surface area contributed by atoms with Gasteiger partial charge >= 0.3 is 0 Å². The molecule has 0 spiro atoms. The van der Waals surface area contributed by atoms with Crippen molar-refractivity contribution in [3.63, 3.8) is 0 Å². The lowest BCUT2D eigenvalue weighted by Gasteiger charge is -2.24. The van der Waals surface area contributed by atoms with Crippen molar-refractivity contribution in [1.29, 1.82) is 0 Å². The molecule has 0 aromatic rings. The molecule has 0 bridgehead atoms. The van der Waals surface area contributed by atoms with Crippen LogP contribution in [0.5, 0.6) is 0 Å². The van der Waals surface area contributed by atoms with Crippen molar-refractivity contribution in [2.45, 2.75) is 31.9 Å². The van der Waals surface area contributed by atoms with Crippen LogP contribution >= 0.6 is 0 Å². The largest absolute Gasteiger partial charge is 0.372 e. The number of nitrogens with one attached hydrogen (secondary N) is 2. The second-order valence-corrected chi connectivity index (χ2v) is 3.43. The zero-order chi connectivity index (χ0) is 9.68. The van der Waals surface area contributed by atoms with Crippen LogP contribution in [0.2, 0.25) is 0 Å². The number of rotatable bonds is 3. The van der Waals surface area contributed by atoms with Crippen molar-refractivity contribution in [3.05, 3.63) is 0 Å². The standard InChI is InChI=1S/C9H18N2O2/c1-7(13-2)9(12)11-8-4-3-5-10-6-8/h7-8,10H,3-6H2,1-2H3,(H,11,12)/t7?,8-/m1/s1. The van der Waals surface area contributed by atoms with Gasteiger partial charge in [-0.2, -0.15) is 0 Å². The van der Waals surface area contributed by atoms with Crippen molar-refractivity contribution in [2.75, 3.05) is 20.2 Å². The second-order valence-electron chi connectivity index (χ2n) is 3.43. The van der Waals surface area contributed by atoms with Crippen molar-refractivity contribution < 1.29 is 9.53 Å². The van der Waals surface area contributed by atoms with E-state index in [1.165, 1.54) is 0 Å². The fraction of sp³-hybridized carbons (Fsp3) is 0.889. The monoisotopic (exact) mass is 186 g/mol. The van der Waals surface area contributed by atoms with Crippen molar-refractivity contribution in [3.8, 4) is 0 Å². The summed E-state index contributed by atoms with van der Waals surface area (Å²) in [6.07, 6.45) is 1.85. The van der Waals surface area contributed by atoms with E-state index in [9.17, 15) is 4.79 Å². The van der Waals surface area contributed by atoms with Gasteiger partial charge in [-0.15, -0.1) is 0 Å². The number of hydrogen-bond acceptors (Lipinski definition) is 3. The van der Waals surface area contributed by atoms with Gasteiger partial charge in [-0.3, -0.25) is 4.79 Å². The van der Waals surface area contributed by atoms with E-state index in [0.29, 0.717) is 0 Å². The van der Waals surface area contributed by atoms with Gasteiger partial charge < -0.3 is 15.4 Å². The van der Waals surface area contributed by atoms with Gasteiger partial charge in [0.05, 0.1) is 0 Å². The van der Waals surface area contributed by atoms with Crippen LogP contribution in [0, 0.1) is 0 Å². The van der Waals surface area contributed by atoms with Crippen LogP contribution in [0.3, 0.4) is 0 Å². The molecular weight excluding hydrogens is 168 g/mol. The van der Waals surface area contributed by atoms with E-state index in [-0.39, 0.29) is 18.1 Å². The average Bonchev–Trinajstić information content (AvgIpc) is 2.18. The summed E-state index contributed by atoms with van der Waals surface area (Å²) in [4.78, 5) is 11.4. The van der Waals surface area contributed by atoms with Crippen molar-refractivity contribution in [1.82, 2.24) is 10.6 Å². The Labute approximate surface area is 79.0 Å². The highest BCUT2D eigenvalue weighted by molar-refractivity contribution is 5.80. The Bertz CT molecular complexity index is 167. The maximum absolute atomic E-state index is 11.4. The Morgan fingerprint density at radius 2 is 2.46 bits per heavy atom. The lowest BCUT2D eigenvalue weighted by Crippen LogP contribution is -2.48. The number of carbonyl (C=O) groups excluding carboxylic acids is 1. The fourth-order valence-corrected chi connectivity index (χ4v) is 1.40. The maximum Gasteiger partial charge on any atom is 0.249 e. The Kier molecular flexibility index (Phi) is 4.18. The summed E-state index contributed by atoms with van der Waals surface area (Å²) in [7, 11) is 1.55. The van der Waals surface area contributed by atoms with E-state index in [1.807, 2.05) is 0 Å². The van der Waals surface area contributed by atoms with Gasteiger partial charge in [0.25, 0.3) is 0 Å². The molecule has 1 heterocycles. The topological polar surface area (TPSA) is 50.4 Å². The third kappa shape index (κ3) is 3.32. The molecule has 1 rings (SSSR count). The first-order valence-electron chi connectivity index (χ1n) is 4.78. The third-order valence-corrected chi connectivity index (χ3v) is 2.37. The van der Waals surface area contributed by atoms with E-state index in [4.69, 9.17) is 4.74 Å². The zero-order valence-electron chi connectivity index (χ0n) is 8.30. The summed E-state index contributed by atoms with van der Waals surface area (Å²) in [5.41, 5.74) is 0. The molecule has 0 aromatic carbocycles. The predicted octanol–water partition coefficient (Wildman–Crippen LogP) is -0.110. The average molecular weight is 186 g/mol. The number of carbonyl (C=O) groups is 1. The fourth-order valence-electron chi connectivity index (χ4n) is 1.40. The molecule has 0 radical (unpaired) electrons. The summed E-state index contributed by atoms with van der Waals surface area (Å²) in [6.45, 7) is 3.69. The minimum Gasteiger partial charge on any atom is -0.372 e. The molecule has 76 valence electrons. The molecule has 2 atom stereocenters. The summed E-state index contributed by atoms with van der Waals surface area (Å²) in [6, 6.07) is 0.277. The summed E-state index contributed by atoms with van der Waals surface area (Å²) in [5, 5.41) is 6.18. The molecule has 0 saturated carbocycles. The molecule has 4 heteroatoms. The lowest BCUT2D eigenvalue weighted by atomic mass is 10.1. The molecule has 0 aliphatic carbocycles. The van der Waals surface area contributed by atoms with Crippen LogP contribution in [-0.2, 0) is 9.53 Å². The minimum atomic E-state index is -0.345. The third-order valence-electron chi connectivity index (χ3n) is 2.37. The summed E-state index contributed by atoms with van der Waals surface area (Å²) in [5.74, 6) is -0.0174. The summed E-state index contributed by atoms with van der Waals surface area (Å²) < 4.78 is 4.92. The highest BCUT2D eigenvalue weighted by Crippen LogP contribution is 2.01.